The molecule has 1 aliphatic carbocycles. The highest BCUT2D eigenvalue weighted by Gasteiger charge is 2.24. The topological polar surface area (TPSA) is 89.9 Å². The molecule has 0 spiro atoms. The third-order valence-electron chi connectivity index (χ3n) is 6.41. The first-order chi connectivity index (χ1) is 16.7. The van der Waals surface area contributed by atoms with Crippen molar-refractivity contribution in [2.75, 3.05) is 6.61 Å². The molecular weight excluding hydrogens is 428 g/mol. The second-order valence-electron chi connectivity index (χ2n) is 8.51. The van der Waals surface area contributed by atoms with E-state index in [-0.39, 0.29) is 12.5 Å². The smallest absolute Gasteiger partial charge is 0.338 e. The number of esters is 1. The number of rotatable bonds is 4. The lowest BCUT2D eigenvalue weighted by molar-refractivity contribution is 0.0449. The molecule has 0 saturated heterocycles. The van der Waals surface area contributed by atoms with Gasteiger partial charge in [0.2, 0.25) is 0 Å². The zero-order chi connectivity index (χ0) is 23.1. The largest absolute Gasteiger partial charge is 0.452 e. The summed E-state index contributed by atoms with van der Waals surface area (Å²) in [6, 6.07) is 16.8. The van der Waals surface area contributed by atoms with Gasteiger partial charge >= 0.3 is 5.97 Å². The van der Waals surface area contributed by atoms with Gasteiger partial charge in [-0.15, -0.1) is 0 Å². The molecule has 2 aromatic carbocycles. The van der Waals surface area contributed by atoms with E-state index in [2.05, 4.69) is 21.0 Å². The summed E-state index contributed by atoms with van der Waals surface area (Å²) < 4.78 is 7.19. The van der Waals surface area contributed by atoms with Crippen LogP contribution in [0, 0.1) is 0 Å². The predicted molar refractivity (Wildman–Crippen MR) is 129 cm³/mol. The van der Waals surface area contributed by atoms with Crippen LogP contribution in [0.5, 0.6) is 0 Å². The van der Waals surface area contributed by atoms with E-state index in [9.17, 15) is 9.59 Å². The van der Waals surface area contributed by atoms with Crippen molar-refractivity contribution in [3.05, 3.63) is 83.8 Å². The van der Waals surface area contributed by atoms with Crippen LogP contribution in [0.3, 0.4) is 0 Å². The Bertz CT molecular complexity index is 1550. The summed E-state index contributed by atoms with van der Waals surface area (Å²) >= 11 is 0. The van der Waals surface area contributed by atoms with Crippen molar-refractivity contribution < 1.29 is 14.3 Å². The average Bonchev–Trinajstić information content (AvgIpc) is 3.46. The van der Waals surface area contributed by atoms with E-state index >= 15 is 0 Å². The van der Waals surface area contributed by atoms with E-state index in [0.717, 1.165) is 53.4 Å². The minimum atomic E-state index is -0.543. The molecule has 3 aromatic heterocycles. The number of aromatic nitrogens is 4. The SMILES string of the molecule is O=C(OCC(=O)n1c2c(c3ccccc31)CCCC2)c1ccc2nc(-c3cccnc3)[nH]c2c1. The van der Waals surface area contributed by atoms with Crippen molar-refractivity contribution in [2.24, 2.45) is 0 Å². The molecule has 0 radical (unpaired) electrons. The van der Waals surface area contributed by atoms with Gasteiger partial charge < -0.3 is 9.72 Å². The van der Waals surface area contributed by atoms with Crippen molar-refractivity contribution in [3.63, 3.8) is 0 Å². The Morgan fingerprint density at radius 2 is 1.91 bits per heavy atom. The minimum absolute atomic E-state index is 0.228. The third kappa shape index (κ3) is 3.46. The average molecular weight is 450 g/mol. The van der Waals surface area contributed by atoms with Crippen LogP contribution in [0.15, 0.2) is 67.0 Å². The van der Waals surface area contributed by atoms with E-state index < -0.39 is 5.97 Å². The number of nitrogens with one attached hydrogen (secondary N) is 1. The Morgan fingerprint density at radius 1 is 1.03 bits per heavy atom. The molecule has 3 heterocycles. The molecule has 34 heavy (non-hydrogen) atoms. The summed E-state index contributed by atoms with van der Waals surface area (Å²) in [6.45, 7) is -0.314. The number of ether oxygens (including phenoxy) is 1. The number of carbonyl (C=O) groups is 2. The lowest BCUT2D eigenvalue weighted by Crippen LogP contribution is -2.22. The number of imidazole rings is 1. The summed E-state index contributed by atoms with van der Waals surface area (Å²) in [5.41, 5.74) is 5.85. The number of pyridine rings is 1. The van der Waals surface area contributed by atoms with Gasteiger partial charge in [0.15, 0.2) is 6.61 Å². The second kappa shape index (κ2) is 8.26. The summed E-state index contributed by atoms with van der Waals surface area (Å²) in [4.78, 5) is 37.8. The van der Waals surface area contributed by atoms with Crippen LogP contribution < -0.4 is 0 Å². The molecule has 0 amide bonds. The normalized spacial score (nSPS) is 13.2. The lowest BCUT2D eigenvalue weighted by atomic mass is 9.95. The lowest BCUT2D eigenvalue weighted by Gasteiger charge is -2.15. The Morgan fingerprint density at radius 3 is 2.79 bits per heavy atom. The molecule has 1 aliphatic rings. The zero-order valence-electron chi connectivity index (χ0n) is 18.5. The van der Waals surface area contributed by atoms with Crippen LogP contribution in [0.25, 0.3) is 33.3 Å². The number of nitrogens with zero attached hydrogens (tertiary/aromatic N) is 3. The first kappa shape index (κ1) is 20.4. The van der Waals surface area contributed by atoms with Gasteiger partial charge in [-0.1, -0.05) is 18.2 Å². The standard InChI is InChI=1S/C27H22N4O3/c32-25(31-23-9-3-1-7-19(23)20-8-2-4-10-24(20)31)16-34-27(33)17-11-12-21-22(14-17)30-26(29-21)18-6-5-13-28-15-18/h1,3,5-7,9,11-15H,2,4,8,10,16H2,(H,29,30). The number of aryl methyl sites for hydroxylation is 1. The van der Waals surface area contributed by atoms with E-state index in [1.807, 2.05) is 30.3 Å². The van der Waals surface area contributed by atoms with Gasteiger partial charge in [0.05, 0.1) is 22.1 Å². The maximum atomic E-state index is 13.2. The van der Waals surface area contributed by atoms with Crippen molar-refractivity contribution in [1.82, 2.24) is 19.5 Å². The van der Waals surface area contributed by atoms with Gasteiger partial charge in [-0.3, -0.25) is 14.3 Å². The highest BCUT2D eigenvalue weighted by atomic mass is 16.5. The fourth-order valence-corrected chi connectivity index (χ4v) is 4.83. The van der Waals surface area contributed by atoms with Crippen LogP contribution in [0.2, 0.25) is 0 Å². The highest BCUT2D eigenvalue weighted by molar-refractivity contribution is 5.99. The molecule has 0 atom stereocenters. The van der Waals surface area contributed by atoms with Crippen molar-refractivity contribution in [1.29, 1.82) is 0 Å². The monoisotopic (exact) mass is 450 g/mol. The van der Waals surface area contributed by atoms with Crippen LogP contribution in [-0.2, 0) is 17.6 Å². The van der Waals surface area contributed by atoms with Crippen LogP contribution in [-0.4, -0.2) is 38.0 Å². The number of para-hydroxylation sites is 1. The fraction of sp³-hybridized carbons (Fsp3) is 0.185. The molecule has 168 valence electrons. The van der Waals surface area contributed by atoms with Gasteiger partial charge in [-0.2, -0.15) is 0 Å². The molecular formula is C27H22N4O3. The number of benzene rings is 2. The van der Waals surface area contributed by atoms with Crippen molar-refractivity contribution in [2.45, 2.75) is 25.7 Å². The van der Waals surface area contributed by atoms with Gasteiger partial charge in [-0.25, -0.2) is 9.78 Å². The molecule has 0 unspecified atom stereocenters. The second-order valence-corrected chi connectivity index (χ2v) is 8.51. The summed E-state index contributed by atoms with van der Waals surface area (Å²) in [5, 5.41) is 1.12. The van der Waals surface area contributed by atoms with E-state index in [1.54, 1.807) is 35.2 Å². The Kier molecular flexibility index (Phi) is 4.95. The molecule has 0 aliphatic heterocycles. The number of aromatic amines is 1. The van der Waals surface area contributed by atoms with Crippen LogP contribution in [0.4, 0.5) is 0 Å². The first-order valence-electron chi connectivity index (χ1n) is 11.4. The number of fused-ring (bicyclic) bond motifs is 4. The van der Waals surface area contributed by atoms with Gasteiger partial charge in [0.1, 0.15) is 5.82 Å². The molecule has 0 bridgehead atoms. The molecule has 7 nitrogen and oxygen atoms in total. The quantitative estimate of drug-likeness (QED) is 0.391. The summed E-state index contributed by atoms with van der Waals surface area (Å²) in [7, 11) is 0. The minimum Gasteiger partial charge on any atom is -0.452 e. The summed E-state index contributed by atoms with van der Waals surface area (Å²) in [6.07, 6.45) is 7.45. The molecule has 6 rings (SSSR count). The van der Waals surface area contributed by atoms with Crippen LogP contribution in [0.1, 0.15) is 39.3 Å². The van der Waals surface area contributed by atoms with Gasteiger partial charge in [0.25, 0.3) is 5.91 Å². The van der Waals surface area contributed by atoms with Gasteiger partial charge in [-0.05, 0) is 67.6 Å². The molecule has 5 aromatic rings. The Labute approximate surface area is 195 Å². The number of hydrogen-bond acceptors (Lipinski definition) is 5. The maximum absolute atomic E-state index is 13.2. The highest BCUT2D eigenvalue weighted by Crippen LogP contribution is 2.32. The predicted octanol–water partition coefficient (Wildman–Crippen LogP) is 4.96. The maximum Gasteiger partial charge on any atom is 0.338 e. The Balaban J connectivity index is 1.23. The van der Waals surface area contributed by atoms with Crippen molar-refractivity contribution >= 4 is 33.8 Å². The van der Waals surface area contributed by atoms with E-state index in [0.29, 0.717) is 16.9 Å². The first-order valence-corrected chi connectivity index (χ1v) is 11.4. The third-order valence-corrected chi connectivity index (χ3v) is 6.41. The number of hydrogen-bond donors (Lipinski definition) is 1. The van der Waals surface area contributed by atoms with E-state index in [1.165, 1.54) is 5.56 Å². The molecule has 1 N–H and O–H groups in total. The fourth-order valence-electron chi connectivity index (χ4n) is 4.83. The zero-order valence-corrected chi connectivity index (χ0v) is 18.5. The Hall–Kier alpha value is -4.26. The van der Waals surface area contributed by atoms with E-state index in [4.69, 9.17) is 4.74 Å². The number of carbonyl (C=O) groups excluding carboxylic acids is 2. The summed E-state index contributed by atoms with van der Waals surface area (Å²) in [5.74, 6) is -0.0969. The van der Waals surface area contributed by atoms with Crippen LogP contribution >= 0.6 is 0 Å². The van der Waals surface area contributed by atoms with Gasteiger partial charge in [0, 0.05) is 29.0 Å². The number of H-pyrrole nitrogens is 1. The van der Waals surface area contributed by atoms with Crippen molar-refractivity contribution in [3.8, 4) is 11.4 Å². The molecule has 0 fully saturated rings. The molecule has 0 saturated carbocycles. The molecule has 7 heteroatoms.